The van der Waals surface area contributed by atoms with E-state index in [1.807, 2.05) is 51.4 Å². The van der Waals surface area contributed by atoms with Crippen molar-refractivity contribution in [3.8, 4) is 34.5 Å². The maximum Gasteiger partial charge on any atom is 0.329 e. The van der Waals surface area contributed by atoms with Gasteiger partial charge >= 0.3 is 5.97 Å². The molecular formula is C44H61N3O10. The maximum absolute atomic E-state index is 14.4. The van der Waals surface area contributed by atoms with Crippen molar-refractivity contribution in [2.75, 3.05) is 75.9 Å². The number of rotatable bonds is 21. The quantitative estimate of drug-likeness (QED) is 0.123. The van der Waals surface area contributed by atoms with E-state index >= 15 is 0 Å². The Bertz CT molecular complexity index is 1760. The Balaban J connectivity index is 1.57. The number of nitrogens with one attached hydrogen (secondary N) is 1. The Kier molecular flexibility index (Phi) is 17.2. The smallest absolute Gasteiger partial charge is 0.329 e. The minimum Gasteiger partial charge on any atom is -0.493 e. The number of ether oxygens (including phenoxy) is 7. The topological polar surface area (TPSA) is 134 Å². The van der Waals surface area contributed by atoms with E-state index in [-0.39, 0.29) is 24.3 Å². The van der Waals surface area contributed by atoms with Crippen LogP contribution in [0.1, 0.15) is 74.7 Å². The standard InChI is InChI=1S/C44H61N3O10/c1-10-34(32-24-39(53-7)42(55-9)40(25-32)54-8)43(49)47-21-12-11-16-35(47)44(50)57-36(19-17-30-18-20-37(51-5)38(22-30)52-6)31-14-13-15-33(23-31)56-28-41(48)45-26-29(2)27-46(3)4/h13-15,18,20,22-25,29,34-36H,10-12,16-17,19,21,26-28H2,1-9H3,(H,45,48)/t29?,34-,35-,36+/m0/s1. The number of likely N-dealkylation sites (tertiary alicyclic amines) is 1. The summed E-state index contributed by atoms with van der Waals surface area (Å²) in [5.41, 5.74) is 2.38. The predicted octanol–water partition coefficient (Wildman–Crippen LogP) is 6.21. The highest BCUT2D eigenvalue weighted by Gasteiger charge is 2.38. The molecule has 13 nitrogen and oxygen atoms in total. The molecule has 1 fully saturated rings. The molecule has 0 aromatic heterocycles. The second-order valence-corrected chi connectivity index (χ2v) is 14.6. The first-order valence-electron chi connectivity index (χ1n) is 19.6. The lowest BCUT2D eigenvalue weighted by Gasteiger charge is -2.37. The molecule has 0 aliphatic carbocycles. The van der Waals surface area contributed by atoms with Crippen LogP contribution in [0.5, 0.6) is 34.5 Å². The first-order valence-corrected chi connectivity index (χ1v) is 19.6. The third-order valence-corrected chi connectivity index (χ3v) is 10.2. The molecule has 3 aromatic rings. The SMILES string of the molecule is CC[C@H](C(=O)N1CCCC[C@H]1C(=O)O[C@H](CCc1ccc(OC)c(OC)c1)c1cccc(OCC(=O)NCC(C)CN(C)C)c1)c1cc(OC)c(OC)c(OC)c1. The van der Waals surface area contributed by atoms with Crippen LogP contribution >= 0.6 is 0 Å². The minimum absolute atomic E-state index is 0.155. The predicted molar refractivity (Wildman–Crippen MR) is 218 cm³/mol. The van der Waals surface area contributed by atoms with Gasteiger partial charge in [-0.15, -0.1) is 0 Å². The minimum atomic E-state index is -0.774. The molecule has 13 heteroatoms. The summed E-state index contributed by atoms with van der Waals surface area (Å²) >= 11 is 0. The zero-order valence-corrected chi connectivity index (χ0v) is 35.1. The van der Waals surface area contributed by atoms with Gasteiger partial charge in [0.1, 0.15) is 17.9 Å². The fourth-order valence-electron chi connectivity index (χ4n) is 7.32. The van der Waals surface area contributed by atoms with Crippen LogP contribution in [0.4, 0.5) is 0 Å². The van der Waals surface area contributed by atoms with Crippen molar-refractivity contribution in [3.63, 3.8) is 0 Å². The van der Waals surface area contributed by atoms with Crippen molar-refractivity contribution >= 4 is 17.8 Å². The zero-order chi connectivity index (χ0) is 41.5. The van der Waals surface area contributed by atoms with E-state index in [0.717, 1.165) is 24.9 Å². The molecule has 2 amide bonds. The molecule has 1 aliphatic heterocycles. The van der Waals surface area contributed by atoms with Gasteiger partial charge in [0.05, 0.1) is 41.5 Å². The lowest BCUT2D eigenvalue weighted by atomic mass is 9.91. The van der Waals surface area contributed by atoms with Crippen LogP contribution in [0.2, 0.25) is 0 Å². The van der Waals surface area contributed by atoms with Crippen LogP contribution < -0.4 is 33.7 Å². The summed E-state index contributed by atoms with van der Waals surface area (Å²) in [6.07, 6.45) is 2.80. The number of carbonyl (C=O) groups excluding carboxylic acids is 3. The molecular weight excluding hydrogens is 730 g/mol. The van der Waals surface area contributed by atoms with Crippen molar-refractivity contribution in [3.05, 3.63) is 71.3 Å². The third-order valence-electron chi connectivity index (χ3n) is 10.2. The summed E-state index contributed by atoms with van der Waals surface area (Å²) in [5.74, 6) is 1.89. The van der Waals surface area contributed by atoms with Gasteiger partial charge in [-0.05, 0) is 112 Å². The van der Waals surface area contributed by atoms with Gasteiger partial charge in [0.2, 0.25) is 11.7 Å². The average Bonchev–Trinajstić information content (AvgIpc) is 3.22. The van der Waals surface area contributed by atoms with Crippen molar-refractivity contribution in [2.45, 2.75) is 70.4 Å². The Morgan fingerprint density at radius 3 is 2.18 bits per heavy atom. The van der Waals surface area contributed by atoms with Crippen LogP contribution in [-0.4, -0.2) is 110 Å². The van der Waals surface area contributed by atoms with E-state index in [4.69, 9.17) is 33.2 Å². The molecule has 1 heterocycles. The van der Waals surface area contributed by atoms with Crippen molar-refractivity contribution < 1.29 is 47.5 Å². The molecule has 4 atom stereocenters. The fourth-order valence-corrected chi connectivity index (χ4v) is 7.32. The number of piperidine rings is 1. The average molecular weight is 792 g/mol. The van der Waals surface area contributed by atoms with E-state index in [2.05, 4.69) is 17.1 Å². The van der Waals surface area contributed by atoms with Crippen LogP contribution in [-0.2, 0) is 25.5 Å². The third kappa shape index (κ3) is 12.2. The molecule has 0 spiro atoms. The van der Waals surface area contributed by atoms with Gasteiger partial charge < -0.3 is 48.3 Å². The van der Waals surface area contributed by atoms with E-state index in [0.29, 0.717) is 84.4 Å². The van der Waals surface area contributed by atoms with Crippen molar-refractivity contribution in [2.24, 2.45) is 5.92 Å². The number of carbonyl (C=O) groups is 3. The van der Waals surface area contributed by atoms with Crippen molar-refractivity contribution in [1.29, 1.82) is 0 Å². The summed E-state index contributed by atoms with van der Waals surface area (Å²) in [6.45, 7) is 5.68. The molecule has 57 heavy (non-hydrogen) atoms. The lowest BCUT2D eigenvalue weighted by Crippen LogP contribution is -2.50. The highest BCUT2D eigenvalue weighted by Crippen LogP contribution is 2.41. The Morgan fingerprint density at radius 1 is 0.842 bits per heavy atom. The van der Waals surface area contributed by atoms with E-state index < -0.39 is 24.0 Å². The molecule has 4 rings (SSSR count). The molecule has 0 bridgehead atoms. The van der Waals surface area contributed by atoms with Gasteiger partial charge in [0.15, 0.2) is 29.6 Å². The molecule has 1 unspecified atom stereocenters. The first kappa shape index (κ1) is 44.5. The molecule has 1 saturated heterocycles. The first-order chi connectivity index (χ1) is 27.5. The second-order valence-electron chi connectivity index (χ2n) is 14.6. The number of hydrogen-bond donors (Lipinski definition) is 1. The van der Waals surface area contributed by atoms with Crippen LogP contribution in [0.3, 0.4) is 0 Å². The summed E-state index contributed by atoms with van der Waals surface area (Å²) in [7, 11) is 11.8. The second kappa shape index (κ2) is 21.9. The molecule has 0 saturated carbocycles. The number of benzene rings is 3. The summed E-state index contributed by atoms with van der Waals surface area (Å²) in [4.78, 5) is 45.1. The van der Waals surface area contributed by atoms with Gasteiger partial charge in [-0.3, -0.25) is 9.59 Å². The molecule has 1 N–H and O–H groups in total. The van der Waals surface area contributed by atoms with Crippen LogP contribution in [0, 0.1) is 5.92 Å². The number of nitrogens with zero attached hydrogens (tertiary/aromatic N) is 2. The Hall–Kier alpha value is -5.17. The molecule has 312 valence electrons. The molecule has 1 aliphatic rings. The van der Waals surface area contributed by atoms with Gasteiger partial charge in [-0.1, -0.05) is 32.0 Å². The van der Waals surface area contributed by atoms with Crippen LogP contribution in [0.25, 0.3) is 0 Å². The largest absolute Gasteiger partial charge is 0.493 e. The van der Waals surface area contributed by atoms with E-state index in [9.17, 15) is 14.4 Å². The van der Waals surface area contributed by atoms with Gasteiger partial charge in [0.25, 0.3) is 5.91 Å². The highest BCUT2D eigenvalue weighted by molar-refractivity contribution is 5.89. The lowest BCUT2D eigenvalue weighted by molar-refractivity contribution is -0.162. The highest BCUT2D eigenvalue weighted by atomic mass is 16.5. The number of esters is 1. The number of amides is 2. The van der Waals surface area contributed by atoms with E-state index in [1.54, 1.807) is 43.4 Å². The normalized spacial score (nSPS) is 15.5. The monoisotopic (exact) mass is 791 g/mol. The number of methoxy groups -OCH3 is 5. The number of hydrogen-bond acceptors (Lipinski definition) is 11. The molecule has 0 radical (unpaired) electrons. The summed E-state index contributed by atoms with van der Waals surface area (Å²) in [6, 6.07) is 15.8. The van der Waals surface area contributed by atoms with Gasteiger partial charge in [0, 0.05) is 19.6 Å². The van der Waals surface area contributed by atoms with Crippen molar-refractivity contribution in [1.82, 2.24) is 15.1 Å². The van der Waals surface area contributed by atoms with Gasteiger partial charge in [-0.2, -0.15) is 0 Å². The van der Waals surface area contributed by atoms with E-state index in [1.165, 1.54) is 21.3 Å². The van der Waals surface area contributed by atoms with Crippen LogP contribution in [0.15, 0.2) is 54.6 Å². The van der Waals surface area contributed by atoms with Gasteiger partial charge in [-0.25, -0.2) is 4.79 Å². The Labute approximate surface area is 337 Å². The fraction of sp³-hybridized carbons (Fsp3) is 0.523. The maximum atomic E-state index is 14.4. The molecule has 3 aromatic carbocycles. The summed E-state index contributed by atoms with van der Waals surface area (Å²) in [5, 5.41) is 2.94. The number of aryl methyl sites for hydroxylation is 1. The zero-order valence-electron chi connectivity index (χ0n) is 35.1. The summed E-state index contributed by atoms with van der Waals surface area (Å²) < 4.78 is 39.9. The Morgan fingerprint density at radius 2 is 1.54 bits per heavy atom.